The molecule has 1 aromatic carbocycles. The second kappa shape index (κ2) is 9.44. The number of carbonyl (C=O) groups excluding carboxylic acids is 2. The Bertz CT molecular complexity index is 893. The van der Waals surface area contributed by atoms with Crippen molar-refractivity contribution in [2.75, 3.05) is 45.3 Å². The molecule has 0 radical (unpaired) electrons. The third-order valence-corrected chi connectivity index (χ3v) is 5.98. The first-order valence-corrected chi connectivity index (χ1v) is 11.0. The molecule has 30 heavy (non-hydrogen) atoms. The Hall–Kier alpha value is -2.65. The number of hydrogen-bond acceptors (Lipinski definition) is 7. The summed E-state index contributed by atoms with van der Waals surface area (Å²) in [5.74, 6) is 0.718. The molecule has 9 heteroatoms. The third-order valence-electron chi connectivity index (χ3n) is 5.22. The standard InChI is InChI=1S/C21H26N4O4S/c1-28-17-4-2-3-15(13-17)22-21-23-18(14-30-21)20(27)25(16-5-6-16)8-7-19(26)24-9-11-29-12-10-24/h2-4,13-14,16H,5-12H2,1H3,(H,22,23). The number of aromatic nitrogens is 1. The molecule has 2 fully saturated rings. The van der Waals surface area contributed by atoms with Crippen LogP contribution in [0.4, 0.5) is 10.8 Å². The predicted octanol–water partition coefficient (Wildman–Crippen LogP) is 2.75. The average Bonchev–Trinajstić information content (AvgIpc) is 3.52. The van der Waals surface area contributed by atoms with Gasteiger partial charge >= 0.3 is 0 Å². The Morgan fingerprint density at radius 1 is 1.33 bits per heavy atom. The van der Waals surface area contributed by atoms with Crippen LogP contribution >= 0.6 is 11.3 Å². The molecule has 0 atom stereocenters. The van der Waals surface area contributed by atoms with Crippen LogP contribution in [-0.2, 0) is 9.53 Å². The highest BCUT2D eigenvalue weighted by Gasteiger charge is 2.34. The number of nitrogens with zero attached hydrogens (tertiary/aromatic N) is 3. The van der Waals surface area contributed by atoms with E-state index in [4.69, 9.17) is 9.47 Å². The molecule has 0 spiro atoms. The largest absolute Gasteiger partial charge is 0.497 e. The van der Waals surface area contributed by atoms with Gasteiger partial charge in [0.15, 0.2) is 5.13 Å². The Labute approximate surface area is 179 Å². The summed E-state index contributed by atoms with van der Waals surface area (Å²) in [5, 5.41) is 5.63. The molecule has 0 unspecified atom stereocenters. The fourth-order valence-corrected chi connectivity index (χ4v) is 4.13. The van der Waals surface area contributed by atoms with E-state index in [1.54, 1.807) is 12.5 Å². The molecule has 4 rings (SSSR count). The fraction of sp³-hybridized carbons (Fsp3) is 0.476. The molecule has 2 heterocycles. The number of morpholine rings is 1. The van der Waals surface area contributed by atoms with Crippen LogP contribution in [0.1, 0.15) is 29.8 Å². The van der Waals surface area contributed by atoms with E-state index in [1.807, 2.05) is 34.1 Å². The molecule has 1 N–H and O–H groups in total. The first-order valence-electron chi connectivity index (χ1n) is 10.2. The number of hydrogen-bond donors (Lipinski definition) is 1. The summed E-state index contributed by atoms with van der Waals surface area (Å²) < 4.78 is 10.5. The van der Waals surface area contributed by atoms with E-state index < -0.39 is 0 Å². The van der Waals surface area contributed by atoms with Gasteiger partial charge in [0, 0.05) is 49.2 Å². The highest BCUT2D eigenvalue weighted by Crippen LogP contribution is 2.30. The number of ether oxygens (including phenoxy) is 2. The second-order valence-electron chi connectivity index (χ2n) is 7.37. The van der Waals surface area contributed by atoms with Gasteiger partial charge in [-0.1, -0.05) is 6.07 Å². The number of methoxy groups -OCH3 is 1. The van der Waals surface area contributed by atoms with E-state index in [0.29, 0.717) is 50.1 Å². The first kappa shape index (κ1) is 20.6. The molecule has 1 aliphatic carbocycles. The fourth-order valence-electron chi connectivity index (χ4n) is 3.42. The molecule has 1 aromatic heterocycles. The minimum Gasteiger partial charge on any atom is -0.497 e. The summed E-state index contributed by atoms with van der Waals surface area (Å²) in [5.41, 5.74) is 1.26. The molecule has 160 valence electrons. The van der Waals surface area contributed by atoms with Gasteiger partial charge < -0.3 is 24.6 Å². The van der Waals surface area contributed by atoms with Crippen LogP contribution in [0.5, 0.6) is 5.75 Å². The van der Waals surface area contributed by atoms with E-state index in [9.17, 15) is 9.59 Å². The van der Waals surface area contributed by atoms with Crippen LogP contribution in [0.25, 0.3) is 0 Å². The normalized spacial score (nSPS) is 16.2. The van der Waals surface area contributed by atoms with Crippen LogP contribution in [0.15, 0.2) is 29.6 Å². The van der Waals surface area contributed by atoms with Crippen LogP contribution in [0.2, 0.25) is 0 Å². The zero-order valence-corrected chi connectivity index (χ0v) is 17.8. The van der Waals surface area contributed by atoms with E-state index >= 15 is 0 Å². The molecule has 1 aliphatic heterocycles. The van der Waals surface area contributed by atoms with Crippen molar-refractivity contribution in [1.82, 2.24) is 14.8 Å². The highest BCUT2D eigenvalue weighted by atomic mass is 32.1. The average molecular weight is 431 g/mol. The van der Waals surface area contributed by atoms with Gasteiger partial charge in [0.2, 0.25) is 5.91 Å². The van der Waals surface area contributed by atoms with Crippen molar-refractivity contribution in [1.29, 1.82) is 0 Å². The number of benzene rings is 1. The van der Waals surface area contributed by atoms with Gasteiger partial charge in [-0.05, 0) is 25.0 Å². The van der Waals surface area contributed by atoms with E-state index in [2.05, 4.69) is 10.3 Å². The number of nitrogens with one attached hydrogen (secondary N) is 1. The Morgan fingerprint density at radius 2 is 2.13 bits per heavy atom. The molecule has 0 bridgehead atoms. The lowest BCUT2D eigenvalue weighted by atomic mass is 10.2. The smallest absolute Gasteiger partial charge is 0.273 e. The summed E-state index contributed by atoms with van der Waals surface area (Å²) >= 11 is 1.38. The number of anilines is 2. The molecular weight excluding hydrogens is 404 g/mol. The summed E-state index contributed by atoms with van der Waals surface area (Å²) in [4.78, 5) is 33.6. The van der Waals surface area contributed by atoms with Crippen LogP contribution in [-0.4, -0.2) is 72.6 Å². The Morgan fingerprint density at radius 3 is 2.87 bits per heavy atom. The van der Waals surface area contributed by atoms with Gasteiger partial charge in [-0.3, -0.25) is 9.59 Å². The summed E-state index contributed by atoms with van der Waals surface area (Å²) in [7, 11) is 1.62. The lowest BCUT2D eigenvalue weighted by molar-refractivity contribution is -0.135. The summed E-state index contributed by atoms with van der Waals surface area (Å²) in [6.45, 7) is 2.84. The molecule has 8 nitrogen and oxygen atoms in total. The molecule has 2 aliphatic rings. The zero-order chi connectivity index (χ0) is 20.9. The molecule has 1 saturated carbocycles. The van der Waals surface area contributed by atoms with Crippen molar-refractivity contribution in [2.24, 2.45) is 0 Å². The maximum Gasteiger partial charge on any atom is 0.273 e. The van der Waals surface area contributed by atoms with Gasteiger partial charge in [0.25, 0.3) is 5.91 Å². The van der Waals surface area contributed by atoms with Crippen molar-refractivity contribution in [3.63, 3.8) is 0 Å². The number of thiazole rings is 1. The van der Waals surface area contributed by atoms with Crippen LogP contribution < -0.4 is 10.1 Å². The third kappa shape index (κ3) is 5.09. The molecule has 2 aromatic rings. The molecule has 2 amide bonds. The number of amides is 2. The SMILES string of the molecule is COc1cccc(Nc2nc(C(=O)N(CCC(=O)N3CCOCC3)C3CC3)cs2)c1. The van der Waals surface area contributed by atoms with Gasteiger partial charge in [-0.15, -0.1) is 11.3 Å². The first-order chi connectivity index (χ1) is 14.6. The highest BCUT2D eigenvalue weighted by molar-refractivity contribution is 7.14. The number of carbonyl (C=O) groups is 2. The van der Waals surface area contributed by atoms with Crippen molar-refractivity contribution < 1.29 is 19.1 Å². The maximum absolute atomic E-state index is 13.1. The number of rotatable bonds is 8. The van der Waals surface area contributed by atoms with Crippen molar-refractivity contribution >= 4 is 34.0 Å². The van der Waals surface area contributed by atoms with Gasteiger partial charge in [0.05, 0.1) is 20.3 Å². The van der Waals surface area contributed by atoms with Crippen molar-refractivity contribution in [3.05, 3.63) is 35.3 Å². The zero-order valence-electron chi connectivity index (χ0n) is 17.0. The lowest BCUT2D eigenvalue weighted by Gasteiger charge is -2.28. The quantitative estimate of drug-likeness (QED) is 0.693. The van der Waals surface area contributed by atoms with E-state index in [-0.39, 0.29) is 17.9 Å². The Kier molecular flexibility index (Phi) is 6.49. The maximum atomic E-state index is 13.1. The minimum atomic E-state index is -0.109. The molecular formula is C21H26N4O4S. The monoisotopic (exact) mass is 430 g/mol. The van der Waals surface area contributed by atoms with E-state index in [0.717, 1.165) is 24.3 Å². The van der Waals surface area contributed by atoms with Gasteiger partial charge in [-0.2, -0.15) is 0 Å². The Balaban J connectivity index is 1.37. The van der Waals surface area contributed by atoms with Crippen LogP contribution in [0.3, 0.4) is 0 Å². The minimum absolute atomic E-state index is 0.0791. The van der Waals surface area contributed by atoms with Gasteiger partial charge in [0.1, 0.15) is 11.4 Å². The van der Waals surface area contributed by atoms with Crippen molar-refractivity contribution in [2.45, 2.75) is 25.3 Å². The summed E-state index contributed by atoms with van der Waals surface area (Å²) in [6, 6.07) is 7.76. The lowest BCUT2D eigenvalue weighted by Crippen LogP contribution is -2.43. The topological polar surface area (TPSA) is 84.0 Å². The van der Waals surface area contributed by atoms with Gasteiger partial charge in [-0.25, -0.2) is 4.98 Å². The predicted molar refractivity (Wildman–Crippen MR) is 114 cm³/mol. The van der Waals surface area contributed by atoms with Crippen molar-refractivity contribution in [3.8, 4) is 5.75 Å². The van der Waals surface area contributed by atoms with E-state index in [1.165, 1.54) is 11.3 Å². The molecule has 1 saturated heterocycles. The van der Waals surface area contributed by atoms with Crippen LogP contribution in [0, 0.1) is 0 Å². The second-order valence-corrected chi connectivity index (χ2v) is 8.23. The summed E-state index contributed by atoms with van der Waals surface area (Å²) in [6.07, 6.45) is 2.30.